The van der Waals surface area contributed by atoms with Gasteiger partial charge in [0.15, 0.2) is 5.96 Å². The lowest BCUT2D eigenvalue weighted by molar-refractivity contribution is 0.358. The molecule has 0 amide bonds. The second kappa shape index (κ2) is 8.95. The van der Waals surface area contributed by atoms with Crippen molar-refractivity contribution in [2.45, 2.75) is 20.0 Å². The molecule has 0 bridgehead atoms. The van der Waals surface area contributed by atoms with Gasteiger partial charge in [-0.15, -0.1) is 11.3 Å². The molecular weight excluding hydrogens is 308 g/mol. The Hall–Kier alpha value is -2.34. The van der Waals surface area contributed by atoms with E-state index in [-0.39, 0.29) is 0 Å². The largest absolute Gasteiger partial charge is 0.489 e. The molecule has 6 heteroatoms. The minimum atomic E-state index is 0.495. The molecule has 2 rings (SSSR count). The maximum Gasteiger partial charge on any atom is 0.191 e. The van der Waals surface area contributed by atoms with Gasteiger partial charge in [0.05, 0.1) is 17.7 Å². The van der Waals surface area contributed by atoms with E-state index in [4.69, 9.17) is 4.74 Å². The van der Waals surface area contributed by atoms with Gasteiger partial charge in [-0.2, -0.15) is 0 Å². The molecule has 0 spiro atoms. The lowest BCUT2D eigenvalue weighted by atomic mass is 10.2. The van der Waals surface area contributed by atoms with Crippen LogP contribution in [0.25, 0.3) is 0 Å². The van der Waals surface area contributed by atoms with E-state index in [1.54, 1.807) is 24.5 Å². The number of nitrogens with zero attached hydrogens (tertiary/aromatic N) is 2. The average molecular weight is 330 g/mol. The number of aliphatic imine (C=N–C) groups is 1. The van der Waals surface area contributed by atoms with E-state index in [0.29, 0.717) is 19.7 Å². The molecule has 0 aliphatic rings. The van der Waals surface area contributed by atoms with Gasteiger partial charge in [-0.25, -0.2) is 4.98 Å². The average Bonchev–Trinajstić information content (AvgIpc) is 2.99. The summed E-state index contributed by atoms with van der Waals surface area (Å²) in [5.74, 6) is 1.60. The molecule has 1 aromatic carbocycles. The highest BCUT2D eigenvalue weighted by molar-refractivity contribution is 7.09. The van der Waals surface area contributed by atoms with Crippen molar-refractivity contribution in [1.82, 2.24) is 15.6 Å². The smallest absolute Gasteiger partial charge is 0.191 e. The van der Waals surface area contributed by atoms with Crippen molar-refractivity contribution in [2.24, 2.45) is 4.99 Å². The number of thiazole rings is 1. The lowest BCUT2D eigenvalue weighted by Gasteiger charge is -2.14. The van der Waals surface area contributed by atoms with Gasteiger partial charge in [-0.3, -0.25) is 4.99 Å². The Morgan fingerprint density at radius 3 is 2.83 bits per heavy atom. The van der Waals surface area contributed by atoms with Crippen LogP contribution in [0.4, 0.5) is 0 Å². The van der Waals surface area contributed by atoms with Crippen molar-refractivity contribution in [3.05, 3.63) is 58.6 Å². The number of rotatable bonds is 7. The Labute approximate surface area is 141 Å². The zero-order valence-electron chi connectivity index (χ0n) is 13.5. The molecule has 2 aromatic rings. The van der Waals surface area contributed by atoms with Crippen molar-refractivity contribution in [2.75, 3.05) is 13.7 Å². The van der Waals surface area contributed by atoms with Crippen molar-refractivity contribution < 1.29 is 4.74 Å². The predicted molar refractivity (Wildman–Crippen MR) is 96.0 cm³/mol. The van der Waals surface area contributed by atoms with Crippen LogP contribution in [0, 0.1) is 6.92 Å². The van der Waals surface area contributed by atoms with Gasteiger partial charge in [-0.1, -0.05) is 30.9 Å². The number of guanidine groups is 1. The quantitative estimate of drug-likeness (QED) is 0.466. The van der Waals surface area contributed by atoms with Gasteiger partial charge < -0.3 is 15.4 Å². The molecule has 1 aromatic heterocycles. The Kier molecular flexibility index (Phi) is 6.62. The Balaban J connectivity index is 1.90. The highest BCUT2D eigenvalue weighted by Gasteiger charge is 2.06. The minimum Gasteiger partial charge on any atom is -0.489 e. The molecule has 0 aliphatic carbocycles. The Bertz CT molecular complexity index is 666. The Morgan fingerprint density at radius 2 is 2.13 bits per heavy atom. The molecule has 5 nitrogen and oxygen atoms in total. The molecule has 122 valence electrons. The molecule has 0 saturated carbocycles. The molecule has 0 atom stereocenters. The van der Waals surface area contributed by atoms with Crippen molar-refractivity contribution >= 4 is 17.3 Å². The molecule has 0 fully saturated rings. The van der Waals surface area contributed by atoms with E-state index in [1.807, 2.05) is 36.7 Å². The number of hydrogen-bond acceptors (Lipinski definition) is 4. The summed E-state index contributed by atoms with van der Waals surface area (Å²) in [6.45, 7) is 7.53. The molecule has 0 saturated heterocycles. The minimum absolute atomic E-state index is 0.495. The van der Waals surface area contributed by atoms with Gasteiger partial charge in [0.25, 0.3) is 0 Å². The van der Waals surface area contributed by atoms with Crippen molar-refractivity contribution in [1.29, 1.82) is 0 Å². The highest BCUT2D eigenvalue weighted by atomic mass is 32.1. The number of ether oxygens (including phenoxy) is 1. The summed E-state index contributed by atoms with van der Waals surface area (Å²) < 4.78 is 5.66. The number of aromatic nitrogens is 1. The van der Waals surface area contributed by atoms with Crippen LogP contribution in [0.5, 0.6) is 5.75 Å². The summed E-state index contributed by atoms with van der Waals surface area (Å²) in [5.41, 5.74) is 3.99. The van der Waals surface area contributed by atoms with Crippen LogP contribution < -0.4 is 15.4 Å². The second-order valence-corrected chi connectivity index (χ2v) is 5.79. The molecule has 0 radical (unpaired) electrons. The van der Waals surface area contributed by atoms with Gasteiger partial charge in [-0.05, 0) is 13.0 Å². The van der Waals surface area contributed by atoms with E-state index in [2.05, 4.69) is 27.2 Å². The normalized spacial score (nSPS) is 11.1. The van der Waals surface area contributed by atoms with Crippen LogP contribution >= 0.6 is 11.3 Å². The van der Waals surface area contributed by atoms with E-state index in [1.165, 1.54) is 4.88 Å². The third-order valence-electron chi connectivity index (χ3n) is 3.26. The first-order valence-corrected chi connectivity index (χ1v) is 8.27. The maximum absolute atomic E-state index is 5.66. The van der Waals surface area contributed by atoms with Crippen LogP contribution in [0.1, 0.15) is 16.1 Å². The van der Waals surface area contributed by atoms with Gasteiger partial charge in [0.2, 0.25) is 0 Å². The molecule has 23 heavy (non-hydrogen) atoms. The standard InChI is InChI=1S/C17H22N4OS/c1-4-9-22-15-8-6-5-7-14(15)10-19-17(18-3)20-11-16-13(2)21-12-23-16/h4-8,12H,1,9-11H2,2-3H3,(H2,18,19,20). The molecule has 2 N–H and O–H groups in total. The molecular formula is C17H22N4OS. The third kappa shape index (κ3) is 5.10. The number of hydrogen-bond donors (Lipinski definition) is 2. The van der Waals surface area contributed by atoms with E-state index in [0.717, 1.165) is 23.0 Å². The zero-order chi connectivity index (χ0) is 16.5. The number of para-hydroxylation sites is 1. The summed E-state index contributed by atoms with van der Waals surface area (Å²) in [5, 5.41) is 6.60. The fourth-order valence-electron chi connectivity index (χ4n) is 2.00. The fraction of sp³-hybridized carbons (Fsp3) is 0.294. The van der Waals surface area contributed by atoms with Crippen LogP contribution in [0.15, 0.2) is 47.4 Å². The summed E-state index contributed by atoms with van der Waals surface area (Å²) >= 11 is 1.64. The molecule has 0 unspecified atom stereocenters. The van der Waals surface area contributed by atoms with E-state index < -0.39 is 0 Å². The summed E-state index contributed by atoms with van der Waals surface area (Å²) in [4.78, 5) is 9.70. The monoisotopic (exact) mass is 330 g/mol. The maximum atomic E-state index is 5.66. The first kappa shape index (κ1) is 17.0. The van der Waals surface area contributed by atoms with E-state index >= 15 is 0 Å². The highest BCUT2D eigenvalue weighted by Crippen LogP contribution is 2.17. The van der Waals surface area contributed by atoms with E-state index in [9.17, 15) is 0 Å². The van der Waals surface area contributed by atoms with Crippen LogP contribution in [-0.2, 0) is 13.1 Å². The predicted octanol–water partition coefficient (Wildman–Crippen LogP) is 2.88. The van der Waals surface area contributed by atoms with Gasteiger partial charge in [0, 0.05) is 24.0 Å². The Morgan fingerprint density at radius 1 is 1.35 bits per heavy atom. The van der Waals surface area contributed by atoms with Gasteiger partial charge >= 0.3 is 0 Å². The first-order valence-electron chi connectivity index (χ1n) is 7.39. The summed E-state index contributed by atoms with van der Waals surface area (Å²) in [6, 6.07) is 7.94. The molecule has 1 heterocycles. The topological polar surface area (TPSA) is 58.5 Å². The first-order chi connectivity index (χ1) is 11.2. The summed E-state index contributed by atoms with van der Waals surface area (Å²) in [6.07, 6.45) is 1.74. The SMILES string of the molecule is C=CCOc1ccccc1CNC(=NC)NCc1scnc1C. The lowest BCUT2D eigenvalue weighted by Crippen LogP contribution is -2.36. The third-order valence-corrected chi connectivity index (χ3v) is 4.20. The zero-order valence-corrected chi connectivity index (χ0v) is 14.3. The fourth-order valence-corrected chi connectivity index (χ4v) is 2.72. The van der Waals surface area contributed by atoms with Crippen LogP contribution in [0.3, 0.4) is 0 Å². The van der Waals surface area contributed by atoms with Gasteiger partial charge in [0.1, 0.15) is 12.4 Å². The summed E-state index contributed by atoms with van der Waals surface area (Å²) in [7, 11) is 1.76. The van der Waals surface area contributed by atoms with Crippen molar-refractivity contribution in [3.8, 4) is 5.75 Å². The van der Waals surface area contributed by atoms with Crippen molar-refractivity contribution in [3.63, 3.8) is 0 Å². The number of benzene rings is 1. The number of aryl methyl sites for hydroxylation is 1. The molecule has 0 aliphatic heterocycles. The van der Waals surface area contributed by atoms with Crippen LogP contribution in [-0.4, -0.2) is 24.6 Å². The van der Waals surface area contributed by atoms with Crippen LogP contribution in [0.2, 0.25) is 0 Å². The number of nitrogens with one attached hydrogen (secondary N) is 2. The second-order valence-electron chi connectivity index (χ2n) is 4.85.